The van der Waals surface area contributed by atoms with Crippen LogP contribution in [0.1, 0.15) is 5.56 Å². The highest BCUT2D eigenvalue weighted by Crippen LogP contribution is 2.49. The first-order valence-electron chi connectivity index (χ1n) is 12.5. The van der Waals surface area contributed by atoms with Gasteiger partial charge in [0.2, 0.25) is 5.69 Å². The van der Waals surface area contributed by atoms with Gasteiger partial charge in [-0.25, -0.2) is 14.8 Å². The van der Waals surface area contributed by atoms with Crippen molar-refractivity contribution in [1.29, 1.82) is 5.26 Å². The van der Waals surface area contributed by atoms with Crippen LogP contribution in [-0.2, 0) is 0 Å². The first-order chi connectivity index (χ1) is 18.8. The van der Waals surface area contributed by atoms with Gasteiger partial charge in [-0.2, -0.15) is 5.26 Å². The fraction of sp³-hybridized carbons (Fsp3) is 0. The molecule has 0 saturated heterocycles. The first kappa shape index (κ1) is 19.6. The van der Waals surface area contributed by atoms with E-state index in [1.165, 1.54) is 0 Å². The van der Waals surface area contributed by atoms with Crippen molar-refractivity contribution in [2.75, 3.05) is 0 Å². The number of fused-ring (bicyclic) bond motifs is 10. The van der Waals surface area contributed by atoms with Crippen LogP contribution in [0, 0.1) is 17.9 Å². The van der Waals surface area contributed by atoms with Crippen molar-refractivity contribution in [3.63, 3.8) is 0 Å². The summed E-state index contributed by atoms with van der Waals surface area (Å²) in [5.41, 5.74) is 4.78. The lowest BCUT2D eigenvalue weighted by atomic mass is 9.94. The monoisotopic (exact) mass is 478 g/mol. The van der Waals surface area contributed by atoms with E-state index < -0.39 is 0 Å². The molecule has 0 unspecified atom stereocenters. The van der Waals surface area contributed by atoms with Gasteiger partial charge in [0.05, 0.1) is 34.2 Å². The van der Waals surface area contributed by atoms with E-state index in [-0.39, 0.29) is 0 Å². The lowest BCUT2D eigenvalue weighted by Gasteiger charge is -2.07. The van der Waals surface area contributed by atoms with E-state index in [9.17, 15) is 5.26 Å². The number of benzene rings is 6. The van der Waals surface area contributed by atoms with Gasteiger partial charge in [0, 0.05) is 37.7 Å². The quantitative estimate of drug-likeness (QED) is 0.161. The summed E-state index contributed by atoms with van der Waals surface area (Å²) in [6.07, 6.45) is 0. The van der Waals surface area contributed by atoms with Crippen molar-refractivity contribution in [1.82, 2.24) is 9.97 Å². The van der Waals surface area contributed by atoms with Crippen LogP contribution in [0.2, 0.25) is 0 Å². The van der Waals surface area contributed by atoms with Crippen molar-refractivity contribution < 1.29 is 0 Å². The Labute approximate surface area is 215 Å². The number of nitriles is 1. The maximum atomic E-state index is 10.1. The molecule has 0 aliphatic rings. The molecule has 1 aromatic heterocycles. The molecular formula is C34H14N4. The van der Waals surface area contributed by atoms with Crippen LogP contribution < -0.4 is 0 Å². The van der Waals surface area contributed by atoms with E-state index in [1.54, 1.807) is 0 Å². The normalized spacial score (nSPS) is 12.2. The van der Waals surface area contributed by atoms with E-state index in [1.807, 2.05) is 60.7 Å². The second-order valence-corrected chi connectivity index (χ2v) is 9.86. The van der Waals surface area contributed by atoms with E-state index in [4.69, 9.17) is 16.5 Å². The number of aromatic nitrogens is 2. The van der Waals surface area contributed by atoms with Crippen molar-refractivity contribution in [2.45, 2.75) is 0 Å². The standard InChI is InChI=1S/C34H14N4/c1-36-30-21-11-5-4-10-19(21)29-27-22(30)13-7-15-24(27)32-34(29)37-31-23-14-6-12-20-25(16-35)17-8-2-3-9-18(17)28(26(20)23)33(31)38-32/h2-15H. The number of rotatable bonds is 0. The molecule has 0 N–H and O–H groups in total. The third kappa shape index (κ3) is 2.08. The molecule has 4 nitrogen and oxygen atoms in total. The van der Waals surface area contributed by atoms with E-state index in [2.05, 4.69) is 35.2 Å². The average Bonchev–Trinajstić information content (AvgIpc) is 3.47. The molecule has 0 aliphatic heterocycles. The van der Waals surface area contributed by atoms with Crippen LogP contribution >= 0.6 is 0 Å². The molecule has 38 heavy (non-hydrogen) atoms. The van der Waals surface area contributed by atoms with Gasteiger partial charge in [0.1, 0.15) is 6.07 Å². The van der Waals surface area contributed by atoms with Gasteiger partial charge >= 0.3 is 0 Å². The summed E-state index contributed by atoms with van der Waals surface area (Å²) >= 11 is 0. The lowest BCUT2D eigenvalue weighted by molar-refractivity contribution is 1.46. The number of nitrogens with zero attached hydrogens (tertiary/aromatic N) is 4. The molecular weight excluding hydrogens is 464 g/mol. The molecule has 0 spiro atoms. The average molecular weight is 479 g/mol. The van der Waals surface area contributed by atoms with Gasteiger partial charge < -0.3 is 0 Å². The minimum absolute atomic E-state index is 0.673. The summed E-state index contributed by atoms with van der Waals surface area (Å²) in [4.78, 5) is 14.7. The molecule has 0 fully saturated rings. The SMILES string of the molecule is [C-]#[N+]c1c2ccccc2c2c3nc4c5cccc6c(C#N)c7ccccc7c(c4nc3c3cccc1c32)c65. The highest BCUT2D eigenvalue weighted by Gasteiger charge is 2.24. The Morgan fingerprint density at radius 2 is 0.974 bits per heavy atom. The molecule has 9 aromatic rings. The summed E-state index contributed by atoms with van der Waals surface area (Å²) in [5.74, 6) is 0. The molecule has 0 amide bonds. The molecule has 0 aliphatic carbocycles. The van der Waals surface area contributed by atoms with Gasteiger partial charge in [-0.15, -0.1) is 0 Å². The Kier molecular flexibility index (Phi) is 3.40. The Morgan fingerprint density at radius 3 is 1.58 bits per heavy atom. The third-order valence-electron chi connectivity index (χ3n) is 8.17. The zero-order valence-electron chi connectivity index (χ0n) is 19.9. The lowest BCUT2D eigenvalue weighted by Crippen LogP contribution is -1.85. The minimum atomic E-state index is 0.673. The summed E-state index contributed by atoms with van der Waals surface area (Å²) < 4.78 is 0. The minimum Gasteiger partial charge on any atom is -0.243 e. The molecule has 0 radical (unpaired) electrons. The number of hydrogen-bond donors (Lipinski definition) is 0. The maximum absolute atomic E-state index is 10.1. The molecule has 170 valence electrons. The Hall–Kier alpha value is -5.58. The topological polar surface area (TPSA) is 53.9 Å². The summed E-state index contributed by atoms with van der Waals surface area (Å²) in [6.45, 7) is 7.96. The molecule has 9 rings (SSSR count). The van der Waals surface area contributed by atoms with E-state index >= 15 is 0 Å². The largest absolute Gasteiger partial charge is 0.243 e. The van der Waals surface area contributed by atoms with Gasteiger partial charge in [-0.3, -0.25) is 0 Å². The van der Waals surface area contributed by atoms with Crippen LogP contribution in [0.4, 0.5) is 5.69 Å². The van der Waals surface area contributed by atoms with Crippen LogP contribution in [-0.4, -0.2) is 9.97 Å². The maximum Gasteiger partial charge on any atom is 0.202 e. The second kappa shape index (κ2) is 6.59. The highest BCUT2D eigenvalue weighted by molar-refractivity contribution is 6.41. The summed E-state index contributed by atoms with van der Waals surface area (Å²) in [6, 6.07) is 30.9. The molecule has 4 heteroatoms. The van der Waals surface area contributed by atoms with Crippen molar-refractivity contribution in [3.8, 4) is 6.07 Å². The third-order valence-corrected chi connectivity index (χ3v) is 8.17. The van der Waals surface area contributed by atoms with Crippen molar-refractivity contribution in [2.24, 2.45) is 0 Å². The van der Waals surface area contributed by atoms with E-state index in [0.717, 1.165) is 86.7 Å². The second-order valence-electron chi connectivity index (χ2n) is 9.86. The van der Waals surface area contributed by atoms with Crippen LogP contribution in [0.3, 0.4) is 0 Å². The zero-order valence-corrected chi connectivity index (χ0v) is 19.9. The van der Waals surface area contributed by atoms with Gasteiger partial charge in [0.15, 0.2) is 0 Å². The number of hydrogen-bond acceptors (Lipinski definition) is 3. The predicted octanol–water partition coefficient (Wildman–Crippen LogP) is 9.00. The summed E-state index contributed by atoms with van der Waals surface area (Å²) in [5, 5.41) is 22.2. The molecule has 0 atom stereocenters. The van der Waals surface area contributed by atoms with Gasteiger partial charge in [-0.05, 0) is 26.9 Å². The molecule has 1 heterocycles. The van der Waals surface area contributed by atoms with Crippen LogP contribution in [0.25, 0.3) is 91.5 Å². The molecule has 8 aromatic carbocycles. The van der Waals surface area contributed by atoms with Crippen molar-refractivity contribution >= 4 is 92.4 Å². The highest BCUT2D eigenvalue weighted by atomic mass is 14.8. The van der Waals surface area contributed by atoms with Gasteiger partial charge in [-0.1, -0.05) is 84.9 Å². The first-order valence-corrected chi connectivity index (χ1v) is 12.5. The van der Waals surface area contributed by atoms with E-state index in [0.29, 0.717) is 11.3 Å². The van der Waals surface area contributed by atoms with Crippen LogP contribution in [0.5, 0.6) is 0 Å². The predicted molar refractivity (Wildman–Crippen MR) is 155 cm³/mol. The Morgan fingerprint density at radius 1 is 0.500 bits per heavy atom. The Balaban J connectivity index is 1.63. The zero-order chi connectivity index (χ0) is 25.1. The fourth-order valence-corrected chi connectivity index (χ4v) is 6.72. The fourth-order valence-electron chi connectivity index (χ4n) is 6.72. The van der Waals surface area contributed by atoms with Crippen molar-refractivity contribution in [3.05, 3.63) is 102 Å². The molecule has 0 saturated carbocycles. The molecule has 0 bridgehead atoms. The Bertz CT molecular complexity index is 2400. The smallest absolute Gasteiger partial charge is 0.202 e. The van der Waals surface area contributed by atoms with Gasteiger partial charge in [0.25, 0.3) is 0 Å². The van der Waals surface area contributed by atoms with Crippen LogP contribution in [0.15, 0.2) is 84.9 Å². The summed E-state index contributed by atoms with van der Waals surface area (Å²) in [7, 11) is 0.